The SMILES string of the molecule is CC[C@H](C)[C@@H]1NC(=O)[C@@H](CCCNC(=N)N)NC(=O)[C@H](CC(=O)O)NC(=O)[C@H](Cc2cnc[nH]2)NC(=O)CN(C)C(=O)[C@H](Cc2ccc(-c3ccc(NC(=O)c4ccccc4)cc3)cc2)NC(=O)[C@H](Cc2ccc(-c3ccc(C(=O)O)cc3)cc2)NC(=O)[C@H](CC2CCCCC2)NC(=O)CSC[C@@H](C(=O)NCC(N)=O)NC(=O)[C@H](CC(C)C)NC(=O)[C@H](Cc2cnc[nH]2)NC(=O)[C@H](C(C)C)NC(=O)[C@@H]2Cc3ccccc3CN2C1=O. The molecule has 0 radical (unpaired) electrons. The molecule has 2 aromatic heterocycles. The number of aliphatic carboxylic acids is 1. The van der Waals surface area contributed by atoms with Crippen molar-refractivity contribution in [3.05, 3.63) is 221 Å². The minimum Gasteiger partial charge on any atom is -0.481 e. The highest BCUT2D eigenvalue weighted by Crippen LogP contribution is 2.32. The van der Waals surface area contributed by atoms with Crippen LogP contribution in [0.5, 0.6) is 0 Å². The zero-order valence-corrected chi connectivity index (χ0v) is 85.4. The summed E-state index contributed by atoms with van der Waals surface area (Å²) in [5.41, 5.74) is 17.5. The Morgan fingerprint density at radius 3 is 1.56 bits per heavy atom. The molecule has 11 rings (SSSR count). The van der Waals surface area contributed by atoms with Crippen LogP contribution in [0.25, 0.3) is 22.3 Å². The molecule has 1 saturated heterocycles. The number of anilines is 1. The molecule has 23 N–H and O–H groups in total. The van der Waals surface area contributed by atoms with Gasteiger partial charge in [0.25, 0.3) is 5.91 Å². The average molecular weight is 2080 g/mol. The Hall–Kier alpha value is -16.2. The minimum atomic E-state index is -2.05. The monoisotopic (exact) mass is 2080 g/mol. The van der Waals surface area contributed by atoms with E-state index >= 15 is 52.7 Å². The van der Waals surface area contributed by atoms with Gasteiger partial charge in [-0.25, -0.2) is 14.8 Å². The number of hydrogen-bond acceptors (Lipinski definition) is 22. The number of hydrogen-bond donors (Lipinski definition) is 21. The maximum absolute atomic E-state index is 15.9. The van der Waals surface area contributed by atoms with E-state index in [4.69, 9.17) is 16.9 Å². The number of nitrogens with one attached hydrogen (secondary N) is 17. The van der Waals surface area contributed by atoms with Crippen LogP contribution in [-0.2, 0) is 115 Å². The molecule has 2 fully saturated rings. The van der Waals surface area contributed by atoms with Crippen LogP contribution >= 0.6 is 11.8 Å². The third-order valence-corrected chi connectivity index (χ3v) is 27.4. The van der Waals surface area contributed by atoms with Gasteiger partial charge in [0.2, 0.25) is 88.6 Å². The lowest BCUT2D eigenvalue weighted by atomic mass is 9.84. The van der Waals surface area contributed by atoms with Crippen LogP contribution in [0.4, 0.5) is 5.69 Å². The third-order valence-electron chi connectivity index (χ3n) is 26.4. The molecule has 43 nitrogen and oxygen atoms in total. The molecule has 0 spiro atoms. The first kappa shape index (κ1) is 114. The first-order valence-corrected chi connectivity index (χ1v) is 51.2. The van der Waals surface area contributed by atoms with Gasteiger partial charge in [0, 0.05) is 93.0 Å². The number of carbonyl (C=O) groups excluding carboxylic acids is 16. The van der Waals surface area contributed by atoms with Gasteiger partial charge in [-0.3, -0.25) is 86.9 Å². The number of aromatic amines is 2. The third kappa shape index (κ3) is 34.2. The van der Waals surface area contributed by atoms with Gasteiger partial charge < -0.3 is 116 Å². The second kappa shape index (κ2) is 55.6. The van der Waals surface area contributed by atoms with E-state index in [1.165, 1.54) is 49.1 Å². The van der Waals surface area contributed by atoms with E-state index in [0.29, 0.717) is 74.3 Å². The van der Waals surface area contributed by atoms with Gasteiger partial charge in [-0.15, -0.1) is 11.8 Å². The summed E-state index contributed by atoms with van der Waals surface area (Å²) in [6.07, 6.45) is 6.32. The van der Waals surface area contributed by atoms with Crippen molar-refractivity contribution in [3.63, 3.8) is 0 Å². The summed E-state index contributed by atoms with van der Waals surface area (Å²) in [5.74, 6) is -20.7. The quantitative estimate of drug-likeness (QED) is 0.0182. The van der Waals surface area contributed by atoms with Crippen LogP contribution in [-0.4, -0.2) is 263 Å². The van der Waals surface area contributed by atoms with Crippen LogP contribution in [0.15, 0.2) is 177 Å². The molecular weight excluding hydrogens is 1950 g/mol. The zero-order valence-electron chi connectivity index (χ0n) is 84.6. The maximum atomic E-state index is 15.9. The Labute approximate surface area is 871 Å². The van der Waals surface area contributed by atoms with E-state index in [-0.39, 0.29) is 99.9 Å². The van der Waals surface area contributed by atoms with Crippen LogP contribution in [0.3, 0.4) is 0 Å². The number of thioether (sulfide) groups is 1. The van der Waals surface area contributed by atoms with Crippen molar-refractivity contribution in [1.29, 1.82) is 5.41 Å². The number of likely N-dealkylation sites (N-methyl/N-ethyl adjacent to an activating group) is 1. The molecule has 1 saturated carbocycles. The molecule has 0 bridgehead atoms. The van der Waals surface area contributed by atoms with Crippen LogP contribution in [0.1, 0.15) is 167 Å². The van der Waals surface area contributed by atoms with Crippen molar-refractivity contribution in [2.24, 2.45) is 35.1 Å². The van der Waals surface area contributed by atoms with Gasteiger partial charge in [-0.1, -0.05) is 195 Å². The summed E-state index contributed by atoms with van der Waals surface area (Å²) < 4.78 is 0. The molecule has 16 amide bonds. The average Bonchev–Trinajstić information content (AvgIpc) is 0.822. The fourth-order valence-electron chi connectivity index (χ4n) is 18.0. The van der Waals surface area contributed by atoms with E-state index in [9.17, 15) is 43.8 Å². The Bertz CT molecular complexity index is 6070. The van der Waals surface area contributed by atoms with E-state index in [2.05, 4.69) is 94.4 Å². The molecule has 0 unspecified atom stereocenters. The standard InChI is InChI=1S/C106H133N23O20S/c1-8-61(6)91-104(147)129-53-72-23-16-15-22-71(72)46-85(129)101(144)126-90(60(4)5)102(145)123-81(48-75-51-111-58-115-75)99(142)120-77(42-59(2)3)95(138)125-84(93(136)113-52-86(107)130)55-150-56-88(132)118-78(43-62-18-11-9-12-19-62)96(139)121-79(44-63-25-29-65(30-26-63)67-33-35-70(36-34-67)105(148)149)97(140)124-83(45-64-27-31-66(32-28-64)68-37-39-73(40-38-68)116-92(135)69-20-13-10-14-21-69)103(146)128(7)54-87(131)117-80(47-74-50-110-57-114-74)98(141)122-82(49-89(133)134)100(143)119-76(94(137)127-91)24-17-41-112-106(108)109/h10,13-16,20-23,25-40,50-51,57-62,76-85,90-91H,8-9,11-12,17-19,24,41-49,52-56H2,1-7H3,(H2,107,130)(H,110,114)(H,111,115)(H,113,136)(H,116,135)(H,117,131)(H,118,132)(H,119,143)(H,120,142)(H,121,139)(H,122,141)(H,123,145)(H,124,140)(H,125,138)(H,126,144)(H,127,137)(H,133,134)(H,148,149)(H4,108,109,112)/t61-,76+,77-,78-,79-,80-,81-,82-,83-,84-,85-,90-,91-/m0/s1. The number of amides is 16. The van der Waals surface area contributed by atoms with Crippen LogP contribution < -0.4 is 85.9 Å². The number of nitrogens with zero attached hydrogens (tertiary/aromatic N) is 4. The smallest absolute Gasteiger partial charge is 0.335 e. The summed E-state index contributed by atoms with van der Waals surface area (Å²) in [7, 11) is 1.23. The highest BCUT2D eigenvalue weighted by Gasteiger charge is 2.44. The van der Waals surface area contributed by atoms with E-state index in [1.807, 2.05) is 0 Å². The molecule has 3 aliphatic rings. The molecule has 798 valence electrons. The summed E-state index contributed by atoms with van der Waals surface area (Å²) in [6, 6.07) is 23.2. The number of fused-ring (bicyclic) bond motifs is 2. The van der Waals surface area contributed by atoms with E-state index < -0.39 is 228 Å². The highest BCUT2D eigenvalue weighted by molar-refractivity contribution is 8.00. The van der Waals surface area contributed by atoms with Crippen molar-refractivity contribution in [2.45, 2.75) is 223 Å². The highest BCUT2D eigenvalue weighted by atomic mass is 32.2. The first-order chi connectivity index (χ1) is 71.7. The van der Waals surface area contributed by atoms with Gasteiger partial charge in [-0.05, 0) is 130 Å². The lowest BCUT2D eigenvalue weighted by Crippen LogP contribution is -2.63. The summed E-state index contributed by atoms with van der Waals surface area (Å²) >= 11 is 0.832. The number of H-pyrrole nitrogens is 2. The molecule has 150 heavy (non-hydrogen) atoms. The molecular formula is C106H133N23O20S. The van der Waals surface area contributed by atoms with Crippen molar-refractivity contribution >= 4 is 130 Å². The lowest BCUT2D eigenvalue weighted by molar-refractivity contribution is -0.147. The Balaban J connectivity index is 0.976. The zero-order chi connectivity index (χ0) is 108. The molecule has 2 aliphatic heterocycles. The topological polar surface area (TPSA) is 656 Å². The van der Waals surface area contributed by atoms with Gasteiger partial charge >= 0.3 is 11.9 Å². The van der Waals surface area contributed by atoms with Gasteiger partial charge in [0.15, 0.2) is 5.96 Å². The van der Waals surface area contributed by atoms with Crippen molar-refractivity contribution in [1.82, 2.24) is 98.9 Å². The largest absolute Gasteiger partial charge is 0.481 e. The summed E-state index contributed by atoms with van der Waals surface area (Å²) in [4.78, 5) is 280. The minimum absolute atomic E-state index is 0.0284. The molecule has 13 atom stereocenters. The Morgan fingerprint density at radius 2 is 1.00 bits per heavy atom. The predicted octanol–water partition coefficient (Wildman–Crippen LogP) is 3.24. The summed E-state index contributed by atoms with van der Waals surface area (Å²) in [5, 5.41) is 66.1. The predicted molar refractivity (Wildman–Crippen MR) is 556 cm³/mol. The van der Waals surface area contributed by atoms with Crippen LogP contribution in [0.2, 0.25) is 0 Å². The molecule has 44 heteroatoms. The fourth-order valence-corrected chi connectivity index (χ4v) is 18.8. The number of aromatic nitrogens is 4. The molecule has 4 heterocycles. The number of carboxylic acid groups (broad SMARTS) is 2. The second-order valence-electron chi connectivity index (χ2n) is 38.7. The maximum Gasteiger partial charge on any atom is 0.335 e. The number of benzene rings is 6. The number of primary amides is 1. The first-order valence-electron chi connectivity index (χ1n) is 50.0. The molecule has 1 aliphatic carbocycles. The fraction of sp³-hybridized carbons (Fsp3) is 0.425. The number of rotatable bonds is 29. The number of carbonyl (C=O) groups is 18. The van der Waals surface area contributed by atoms with Gasteiger partial charge in [0.1, 0.15) is 72.5 Å². The Kier molecular flexibility index (Phi) is 42.3. The van der Waals surface area contributed by atoms with Gasteiger partial charge in [0.05, 0.1) is 43.5 Å². The van der Waals surface area contributed by atoms with Gasteiger partial charge in [-0.2, -0.15) is 0 Å². The second-order valence-corrected chi connectivity index (χ2v) is 39.7. The van der Waals surface area contributed by atoms with E-state index in [1.54, 1.807) is 181 Å². The number of guanidine groups is 1. The van der Waals surface area contributed by atoms with E-state index in [0.717, 1.165) is 35.9 Å². The van der Waals surface area contributed by atoms with Crippen molar-refractivity contribution < 1.29 is 96.5 Å². The van der Waals surface area contributed by atoms with Crippen molar-refractivity contribution in [2.75, 3.05) is 43.5 Å². The summed E-state index contributed by atoms with van der Waals surface area (Å²) in [6.45, 7) is 8.26. The van der Waals surface area contributed by atoms with Crippen LogP contribution in [0, 0.1) is 29.1 Å². The Morgan fingerprint density at radius 1 is 0.500 bits per heavy atom. The molecule has 6 aromatic carbocycles. The normalized spacial score (nSPS) is 21.9. The number of carboxylic acids is 2. The van der Waals surface area contributed by atoms with Crippen molar-refractivity contribution in [3.8, 4) is 22.3 Å². The number of nitrogens with two attached hydrogens (primary N) is 2. The number of aromatic carboxylic acids is 1. The molecule has 8 aromatic rings. The number of imidazole rings is 2. The lowest BCUT2D eigenvalue weighted by Gasteiger charge is -2.40.